The van der Waals surface area contributed by atoms with E-state index in [0.717, 1.165) is 35.1 Å². The van der Waals surface area contributed by atoms with Crippen LogP contribution in [0, 0.1) is 3.57 Å². The van der Waals surface area contributed by atoms with Gasteiger partial charge in [-0.2, -0.15) is 0 Å². The van der Waals surface area contributed by atoms with Crippen LogP contribution in [0.5, 0.6) is 0 Å². The lowest BCUT2D eigenvalue weighted by atomic mass is 10.1. The molecular weight excluding hydrogens is 329 g/mol. The third kappa shape index (κ3) is 4.27. The number of hydrogen-bond donors (Lipinski definition) is 1. The van der Waals surface area contributed by atoms with Crippen molar-refractivity contribution in [3.8, 4) is 0 Å². The van der Waals surface area contributed by atoms with Gasteiger partial charge >= 0.3 is 0 Å². The summed E-state index contributed by atoms with van der Waals surface area (Å²) in [5.41, 5.74) is 0.870. The summed E-state index contributed by atoms with van der Waals surface area (Å²) in [6, 6.07) is 7.82. The Bertz CT molecular complexity index is 389. The smallest absolute Gasteiger partial charge is 0.224 e. The standard InChI is InChI=1S/C13H16INO2/c14-10-3-1-4-11(9-10)15-13(16)7-6-12-5-2-8-17-12/h1,3-4,9,12H,2,5-8H2,(H,15,16)/t12-/m1/s1. The van der Waals surface area contributed by atoms with Crippen LogP contribution in [0.4, 0.5) is 5.69 Å². The topological polar surface area (TPSA) is 38.3 Å². The van der Waals surface area contributed by atoms with E-state index in [1.54, 1.807) is 0 Å². The molecule has 1 saturated heterocycles. The normalized spacial score (nSPS) is 19.2. The Morgan fingerprint density at radius 3 is 3.12 bits per heavy atom. The van der Waals surface area contributed by atoms with Gasteiger partial charge in [0.2, 0.25) is 5.91 Å². The molecule has 1 aliphatic heterocycles. The summed E-state index contributed by atoms with van der Waals surface area (Å²) in [7, 11) is 0. The summed E-state index contributed by atoms with van der Waals surface area (Å²) >= 11 is 2.23. The van der Waals surface area contributed by atoms with Gasteiger partial charge in [-0.05, 0) is 60.1 Å². The molecule has 0 unspecified atom stereocenters. The molecule has 17 heavy (non-hydrogen) atoms. The van der Waals surface area contributed by atoms with E-state index in [1.165, 1.54) is 0 Å². The first kappa shape index (κ1) is 12.8. The predicted molar refractivity (Wildman–Crippen MR) is 76.0 cm³/mol. The van der Waals surface area contributed by atoms with Crippen molar-refractivity contribution in [2.24, 2.45) is 0 Å². The molecule has 1 amide bonds. The monoisotopic (exact) mass is 345 g/mol. The van der Waals surface area contributed by atoms with E-state index in [2.05, 4.69) is 27.9 Å². The molecule has 1 aromatic rings. The van der Waals surface area contributed by atoms with Crippen molar-refractivity contribution < 1.29 is 9.53 Å². The van der Waals surface area contributed by atoms with Gasteiger partial charge in [-0.25, -0.2) is 0 Å². The van der Waals surface area contributed by atoms with Crippen LogP contribution in [0.1, 0.15) is 25.7 Å². The Morgan fingerprint density at radius 2 is 2.41 bits per heavy atom. The average Bonchev–Trinajstić information content (AvgIpc) is 2.79. The van der Waals surface area contributed by atoms with E-state index in [-0.39, 0.29) is 12.0 Å². The zero-order valence-corrected chi connectivity index (χ0v) is 11.8. The van der Waals surface area contributed by atoms with Crippen LogP contribution in [-0.2, 0) is 9.53 Å². The second-order valence-electron chi connectivity index (χ2n) is 4.23. The summed E-state index contributed by atoms with van der Waals surface area (Å²) < 4.78 is 6.62. The Balaban J connectivity index is 1.76. The highest BCUT2D eigenvalue weighted by Gasteiger charge is 2.16. The molecule has 1 atom stereocenters. The van der Waals surface area contributed by atoms with E-state index in [1.807, 2.05) is 24.3 Å². The number of amides is 1. The summed E-state index contributed by atoms with van der Waals surface area (Å²) in [4.78, 5) is 11.7. The Hall–Kier alpha value is -0.620. The number of rotatable bonds is 4. The molecule has 92 valence electrons. The summed E-state index contributed by atoms with van der Waals surface area (Å²) in [5, 5.41) is 2.91. The molecular formula is C13H16INO2. The van der Waals surface area contributed by atoms with Gasteiger partial charge in [-0.15, -0.1) is 0 Å². The lowest BCUT2D eigenvalue weighted by Gasteiger charge is -2.09. The maximum absolute atomic E-state index is 11.7. The van der Waals surface area contributed by atoms with Crippen molar-refractivity contribution >= 4 is 34.2 Å². The van der Waals surface area contributed by atoms with Gasteiger partial charge in [0.15, 0.2) is 0 Å². The molecule has 3 nitrogen and oxygen atoms in total. The SMILES string of the molecule is O=C(CC[C@H]1CCCO1)Nc1cccc(I)c1. The Labute approximate surface area is 115 Å². The lowest BCUT2D eigenvalue weighted by Crippen LogP contribution is -2.15. The minimum absolute atomic E-state index is 0.0718. The number of carbonyl (C=O) groups excluding carboxylic acids is 1. The van der Waals surface area contributed by atoms with Crippen LogP contribution >= 0.6 is 22.6 Å². The maximum atomic E-state index is 11.7. The van der Waals surface area contributed by atoms with Crippen LogP contribution < -0.4 is 5.32 Å². The molecule has 0 aromatic heterocycles. The summed E-state index contributed by atoms with van der Waals surface area (Å²) in [6.07, 6.45) is 3.88. The second kappa shape index (κ2) is 6.35. The van der Waals surface area contributed by atoms with E-state index < -0.39 is 0 Å². The molecule has 1 aromatic carbocycles. The number of anilines is 1. The molecule has 0 saturated carbocycles. The van der Waals surface area contributed by atoms with E-state index in [0.29, 0.717) is 6.42 Å². The highest BCUT2D eigenvalue weighted by atomic mass is 127. The zero-order chi connectivity index (χ0) is 12.1. The fourth-order valence-corrected chi connectivity index (χ4v) is 2.50. The van der Waals surface area contributed by atoms with Gasteiger partial charge in [0.05, 0.1) is 6.10 Å². The van der Waals surface area contributed by atoms with Gasteiger partial charge in [0.25, 0.3) is 0 Å². The van der Waals surface area contributed by atoms with Crippen molar-refractivity contribution in [3.05, 3.63) is 27.8 Å². The molecule has 1 aliphatic rings. The second-order valence-corrected chi connectivity index (χ2v) is 5.48. The minimum Gasteiger partial charge on any atom is -0.378 e. The first-order valence-electron chi connectivity index (χ1n) is 5.91. The van der Waals surface area contributed by atoms with Crippen molar-refractivity contribution in [1.29, 1.82) is 0 Å². The number of carbonyl (C=O) groups is 1. The summed E-state index contributed by atoms with van der Waals surface area (Å²) in [6.45, 7) is 0.850. The van der Waals surface area contributed by atoms with Gasteiger partial charge < -0.3 is 10.1 Å². The minimum atomic E-state index is 0.0718. The highest BCUT2D eigenvalue weighted by Crippen LogP contribution is 2.18. The number of ether oxygens (including phenoxy) is 1. The maximum Gasteiger partial charge on any atom is 0.224 e. The number of benzene rings is 1. The number of hydrogen-bond acceptors (Lipinski definition) is 2. The third-order valence-electron chi connectivity index (χ3n) is 2.83. The van der Waals surface area contributed by atoms with Crippen molar-refractivity contribution in [2.75, 3.05) is 11.9 Å². The van der Waals surface area contributed by atoms with Gasteiger partial charge in [0, 0.05) is 22.3 Å². The average molecular weight is 345 g/mol. The fourth-order valence-electron chi connectivity index (χ4n) is 1.95. The van der Waals surface area contributed by atoms with Gasteiger partial charge in [0.1, 0.15) is 0 Å². The van der Waals surface area contributed by atoms with Crippen molar-refractivity contribution in [2.45, 2.75) is 31.8 Å². The van der Waals surface area contributed by atoms with E-state index >= 15 is 0 Å². The molecule has 1 fully saturated rings. The first-order valence-corrected chi connectivity index (χ1v) is 6.99. The molecule has 0 aliphatic carbocycles. The zero-order valence-electron chi connectivity index (χ0n) is 9.62. The van der Waals surface area contributed by atoms with Crippen LogP contribution in [-0.4, -0.2) is 18.6 Å². The third-order valence-corrected chi connectivity index (χ3v) is 3.50. The van der Waals surface area contributed by atoms with E-state index in [9.17, 15) is 4.79 Å². The summed E-state index contributed by atoms with van der Waals surface area (Å²) in [5.74, 6) is 0.0718. The highest BCUT2D eigenvalue weighted by molar-refractivity contribution is 14.1. The molecule has 0 bridgehead atoms. The molecule has 0 spiro atoms. The number of nitrogens with one attached hydrogen (secondary N) is 1. The first-order chi connectivity index (χ1) is 8.24. The fraction of sp³-hybridized carbons (Fsp3) is 0.462. The van der Waals surface area contributed by atoms with Crippen LogP contribution in [0.2, 0.25) is 0 Å². The molecule has 1 heterocycles. The Kier molecular flexibility index (Phi) is 4.79. The van der Waals surface area contributed by atoms with Gasteiger partial charge in [-0.3, -0.25) is 4.79 Å². The largest absolute Gasteiger partial charge is 0.378 e. The predicted octanol–water partition coefficient (Wildman–Crippen LogP) is 3.19. The van der Waals surface area contributed by atoms with Crippen molar-refractivity contribution in [1.82, 2.24) is 0 Å². The van der Waals surface area contributed by atoms with Crippen LogP contribution in [0.25, 0.3) is 0 Å². The molecule has 1 N–H and O–H groups in total. The molecule has 0 radical (unpaired) electrons. The number of halogens is 1. The molecule has 2 rings (SSSR count). The van der Waals surface area contributed by atoms with Gasteiger partial charge in [-0.1, -0.05) is 6.07 Å². The molecule has 4 heteroatoms. The quantitative estimate of drug-likeness (QED) is 0.852. The van der Waals surface area contributed by atoms with E-state index in [4.69, 9.17) is 4.74 Å². The van der Waals surface area contributed by atoms with Crippen molar-refractivity contribution in [3.63, 3.8) is 0 Å². The van der Waals surface area contributed by atoms with Crippen LogP contribution in [0.3, 0.4) is 0 Å². The Morgan fingerprint density at radius 1 is 1.53 bits per heavy atom. The van der Waals surface area contributed by atoms with Crippen LogP contribution in [0.15, 0.2) is 24.3 Å². The lowest BCUT2D eigenvalue weighted by molar-refractivity contribution is -0.116.